The molecule has 0 heterocycles. The van der Waals surface area contributed by atoms with Crippen molar-refractivity contribution in [3.63, 3.8) is 0 Å². The van der Waals surface area contributed by atoms with Crippen LogP contribution in [0.5, 0.6) is 5.75 Å². The molecule has 0 atom stereocenters. The predicted molar refractivity (Wildman–Crippen MR) is 43.2 cm³/mol. The number of hydrogen-bond donors (Lipinski definition) is 1. The lowest BCUT2D eigenvalue weighted by Crippen LogP contribution is -1.84. The largest absolute Gasteiger partial charge is 0.506 e. The zero-order valence-corrected chi connectivity index (χ0v) is 6.72. The van der Waals surface area contributed by atoms with Crippen molar-refractivity contribution >= 4 is 17.9 Å². The maximum absolute atomic E-state index is 10.3. The van der Waals surface area contributed by atoms with Crippen molar-refractivity contribution in [3.8, 4) is 5.75 Å². The molecule has 0 unspecified atom stereocenters. The van der Waals surface area contributed by atoms with E-state index in [2.05, 4.69) is 0 Å². The number of phenolic OH excluding ortho intramolecular Hbond substituents is 1. The van der Waals surface area contributed by atoms with Crippen LogP contribution in [0.1, 0.15) is 15.9 Å². The number of carbonyl (C=O) groups excluding carboxylic acids is 1. The number of hydrogen-bond acceptors (Lipinski definition) is 2. The topological polar surface area (TPSA) is 37.3 Å². The Morgan fingerprint density at radius 3 is 2.73 bits per heavy atom. The van der Waals surface area contributed by atoms with Crippen LogP contribution in [0.15, 0.2) is 12.1 Å². The Morgan fingerprint density at radius 2 is 2.18 bits per heavy atom. The van der Waals surface area contributed by atoms with Gasteiger partial charge in [-0.15, -0.1) is 0 Å². The zero-order chi connectivity index (χ0) is 8.43. The highest BCUT2D eigenvalue weighted by Crippen LogP contribution is 2.27. The van der Waals surface area contributed by atoms with E-state index in [-0.39, 0.29) is 10.8 Å². The average molecular weight is 171 g/mol. The second-order valence-corrected chi connectivity index (χ2v) is 2.68. The molecule has 0 spiro atoms. The van der Waals surface area contributed by atoms with E-state index in [4.69, 9.17) is 16.7 Å². The third-order valence-electron chi connectivity index (χ3n) is 1.35. The number of aryl methyl sites for hydroxylation is 1. The third kappa shape index (κ3) is 1.52. The van der Waals surface area contributed by atoms with Crippen molar-refractivity contribution in [2.24, 2.45) is 0 Å². The second-order valence-electron chi connectivity index (χ2n) is 2.31. The van der Waals surface area contributed by atoms with Crippen LogP contribution in [0.4, 0.5) is 0 Å². The molecule has 0 saturated carbocycles. The molecule has 11 heavy (non-hydrogen) atoms. The fourth-order valence-electron chi connectivity index (χ4n) is 0.863. The van der Waals surface area contributed by atoms with Crippen LogP contribution in [0, 0.1) is 6.92 Å². The summed E-state index contributed by atoms with van der Waals surface area (Å²) in [6.07, 6.45) is 0.620. The Hall–Kier alpha value is -1.02. The summed E-state index contributed by atoms with van der Waals surface area (Å²) in [4.78, 5) is 10.3. The molecule has 0 saturated heterocycles. The van der Waals surface area contributed by atoms with Gasteiger partial charge in [0.2, 0.25) is 0 Å². The number of aromatic hydroxyl groups is 1. The lowest BCUT2D eigenvalue weighted by molar-refractivity contribution is 0.112. The van der Waals surface area contributed by atoms with Gasteiger partial charge in [0.1, 0.15) is 5.75 Å². The summed E-state index contributed by atoms with van der Waals surface area (Å²) in [5.74, 6) is -0.0474. The Labute approximate surface area is 69.4 Å². The maximum atomic E-state index is 10.3. The molecule has 0 bridgehead atoms. The fourth-order valence-corrected chi connectivity index (χ4v) is 1.02. The first-order chi connectivity index (χ1) is 5.15. The quantitative estimate of drug-likeness (QED) is 0.656. The van der Waals surface area contributed by atoms with Crippen molar-refractivity contribution in [2.75, 3.05) is 0 Å². The van der Waals surface area contributed by atoms with Crippen molar-refractivity contribution in [1.29, 1.82) is 0 Å². The minimum atomic E-state index is -0.0474. The summed E-state index contributed by atoms with van der Waals surface area (Å²) in [6, 6.07) is 3.13. The standard InChI is InChI=1S/C8H7ClO2/c1-5-2-6(4-10)8(9)7(11)3-5/h2-4,11H,1H3. The first-order valence-electron chi connectivity index (χ1n) is 3.09. The van der Waals surface area contributed by atoms with E-state index >= 15 is 0 Å². The monoisotopic (exact) mass is 170 g/mol. The molecule has 58 valence electrons. The highest BCUT2D eigenvalue weighted by molar-refractivity contribution is 6.34. The Kier molecular flexibility index (Phi) is 2.15. The average Bonchev–Trinajstić information content (AvgIpc) is 1.96. The highest BCUT2D eigenvalue weighted by Gasteiger charge is 2.04. The number of rotatable bonds is 1. The van der Waals surface area contributed by atoms with E-state index in [0.717, 1.165) is 5.56 Å². The van der Waals surface area contributed by atoms with E-state index in [1.807, 2.05) is 0 Å². The molecule has 0 aliphatic carbocycles. The normalized spacial score (nSPS) is 9.64. The molecule has 0 aliphatic rings. The first kappa shape index (κ1) is 8.08. The molecule has 0 radical (unpaired) electrons. The highest BCUT2D eigenvalue weighted by atomic mass is 35.5. The SMILES string of the molecule is Cc1cc(O)c(Cl)c(C=O)c1. The van der Waals surface area contributed by atoms with Gasteiger partial charge in [0.05, 0.1) is 5.02 Å². The summed E-state index contributed by atoms with van der Waals surface area (Å²) >= 11 is 5.58. The molecule has 0 amide bonds. The zero-order valence-electron chi connectivity index (χ0n) is 5.97. The number of benzene rings is 1. The molecule has 0 aromatic heterocycles. The Balaban J connectivity index is 3.35. The van der Waals surface area contributed by atoms with Gasteiger partial charge in [-0.3, -0.25) is 4.79 Å². The molecule has 3 heteroatoms. The third-order valence-corrected chi connectivity index (χ3v) is 1.76. The lowest BCUT2D eigenvalue weighted by Gasteiger charge is -2.00. The predicted octanol–water partition coefficient (Wildman–Crippen LogP) is 2.17. The van der Waals surface area contributed by atoms with Gasteiger partial charge in [-0.1, -0.05) is 11.6 Å². The molecule has 1 aromatic rings. The molecule has 0 aliphatic heterocycles. The van der Waals surface area contributed by atoms with E-state index in [9.17, 15) is 4.79 Å². The van der Waals surface area contributed by atoms with Gasteiger partial charge in [-0.2, -0.15) is 0 Å². The minimum absolute atomic E-state index is 0.0474. The first-order valence-corrected chi connectivity index (χ1v) is 3.47. The van der Waals surface area contributed by atoms with Gasteiger partial charge in [0.15, 0.2) is 6.29 Å². The summed E-state index contributed by atoms with van der Waals surface area (Å²) in [5.41, 5.74) is 1.14. The Morgan fingerprint density at radius 1 is 1.55 bits per heavy atom. The summed E-state index contributed by atoms with van der Waals surface area (Å²) < 4.78 is 0. The van der Waals surface area contributed by atoms with Gasteiger partial charge in [-0.05, 0) is 24.6 Å². The van der Waals surface area contributed by atoms with Crippen LogP contribution in [-0.2, 0) is 0 Å². The summed E-state index contributed by atoms with van der Waals surface area (Å²) in [7, 11) is 0. The van der Waals surface area contributed by atoms with Crippen LogP contribution in [-0.4, -0.2) is 11.4 Å². The van der Waals surface area contributed by atoms with E-state index in [0.29, 0.717) is 11.8 Å². The van der Waals surface area contributed by atoms with Crippen LogP contribution in [0.3, 0.4) is 0 Å². The van der Waals surface area contributed by atoms with Gasteiger partial charge in [0, 0.05) is 5.56 Å². The summed E-state index contributed by atoms with van der Waals surface area (Å²) in [6.45, 7) is 1.78. The van der Waals surface area contributed by atoms with Gasteiger partial charge in [0.25, 0.3) is 0 Å². The molecular weight excluding hydrogens is 164 g/mol. The molecule has 1 rings (SSSR count). The lowest BCUT2D eigenvalue weighted by atomic mass is 10.1. The van der Waals surface area contributed by atoms with Gasteiger partial charge in [-0.25, -0.2) is 0 Å². The van der Waals surface area contributed by atoms with E-state index in [1.165, 1.54) is 6.07 Å². The van der Waals surface area contributed by atoms with E-state index < -0.39 is 0 Å². The van der Waals surface area contributed by atoms with E-state index in [1.54, 1.807) is 13.0 Å². The molecule has 1 aromatic carbocycles. The van der Waals surface area contributed by atoms with Crippen LogP contribution in [0.25, 0.3) is 0 Å². The molecule has 0 fully saturated rings. The molecule has 2 nitrogen and oxygen atoms in total. The summed E-state index contributed by atoms with van der Waals surface area (Å²) in [5, 5.41) is 9.24. The number of halogens is 1. The minimum Gasteiger partial charge on any atom is -0.506 e. The van der Waals surface area contributed by atoms with Crippen molar-refractivity contribution in [1.82, 2.24) is 0 Å². The fraction of sp³-hybridized carbons (Fsp3) is 0.125. The van der Waals surface area contributed by atoms with Gasteiger partial charge < -0.3 is 5.11 Å². The molecule has 1 N–H and O–H groups in total. The van der Waals surface area contributed by atoms with Crippen molar-refractivity contribution in [3.05, 3.63) is 28.3 Å². The van der Waals surface area contributed by atoms with Crippen molar-refractivity contribution in [2.45, 2.75) is 6.92 Å². The second kappa shape index (κ2) is 2.93. The number of carbonyl (C=O) groups is 1. The smallest absolute Gasteiger partial charge is 0.151 e. The van der Waals surface area contributed by atoms with Crippen LogP contribution < -0.4 is 0 Å². The number of aldehydes is 1. The number of phenols is 1. The maximum Gasteiger partial charge on any atom is 0.151 e. The van der Waals surface area contributed by atoms with Crippen LogP contribution in [0.2, 0.25) is 5.02 Å². The van der Waals surface area contributed by atoms with Crippen molar-refractivity contribution < 1.29 is 9.90 Å². The van der Waals surface area contributed by atoms with Crippen LogP contribution >= 0.6 is 11.6 Å². The Bertz CT molecular complexity index is 294. The van der Waals surface area contributed by atoms with Gasteiger partial charge >= 0.3 is 0 Å². The molecular formula is C8H7ClO2.